The lowest BCUT2D eigenvalue weighted by molar-refractivity contribution is -0.274. The monoisotopic (exact) mass is 328 g/mol. The van der Waals surface area contributed by atoms with E-state index in [0.717, 1.165) is 12.1 Å². The highest BCUT2D eigenvalue weighted by molar-refractivity contribution is 6.05. The van der Waals surface area contributed by atoms with Gasteiger partial charge < -0.3 is 14.6 Å². The van der Waals surface area contributed by atoms with Crippen LogP contribution < -0.4 is 10.1 Å². The quantitative estimate of drug-likeness (QED) is 0.911. The Morgan fingerprint density at radius 2 is 2.04 bits per heavy atom. The van der Waals surface area contributed by atoms with E-state index in [0.29, 0.717) is 11.5 Å². The van der Waals surface area contributed by atoms with Crippen molar-refractivity contribution in [1.82, 2.24) is 5.16 Å². The van der Waals surface area contributed by atoms with Crippen molar-refractivity contribution in [2.24, 2.45) is 0 Å². The van der Waals surface area contributed by atoms with Gasteiger partial charge in [0, 0.05) is 17.7 Å². The Balaban J connectivity index is 2.21. The lowest BCUT2D eigenvalue weighted by atomic mass is 10.0. The normalized spacial score (nSPS) is 11.6. The first kappa shape index (κ1) is 16.9. The molecule has 23 heavy (non-hydrogen) atoms. The van der Waals surface area contributed by atoms with Gasteiger partial charge in [-0.3, -0.25) is 4.79 Å². The number of aromatic nitrogens is 1. The molecule has 1 heterocycles. The highest BCUT2D eigenvalue weighted by atomic mass is 19.4. The number of rotatable bonds is 4. The summed E-state index contributed by atoms with van der Waals surface area (Å²) in [5.41, 5.74) is 0.864. The van der Waals surface area contributed by atoms with Gasteiger partial charge in [0.1, 0.15) is 11.3 Å². The number of amides is 1. The van der Waals surface area contributed by atoms with Crippen LogP contribution in [0.3, 0.4) is 0 Å². The molecular weight excluding hydrogens is 313 g/mol. The van der Waals surface area contributed by atoms with Gasteiger partial charge in [-0.1, -0.05) is 25.1 Å². The lowest BCUT2D eigenvalue weighted by Crippen LogP contribution is -2.18. The van der Waals surface area contributed by atoms with E-state index in [1.807, 2.05) is 13.8 Å². The molecular formula is C15H15F3N2O3. The first-order chi connectivity index (χ1) is 10.7. The summed E-state index contributed by atoms with van der Waals surface area (Å²) >= 11 is 0. The molecule has 1 amide bonds. The summed E-state index contributed by atoms with van der Waals surface area (Å²) in [6.45, 7) is 5.30. The van der Waals surface area contributed by atoms with E-state index in [-0.39, 0.29) is 17.2 Å². The van der Waals surface area contributed by atoms with Crippen LogP contribution in [0, 0.1) is 6.92 Å². The van der Waals surface area contributed by atoms with Gasteiger partial charge in [0.2, 0.25) is 0 Å². The second-order valence-corrected chi connectivity index (χ2v) is 5.19. The third-order valence-corrected chi connectivity index (χ3v) is 2.97. The highest BCUT2D eigenvalue weighted by Crippen LogP contribution is 2.27. The number of ether oxygens (including phenoxy) is 1. The van der Waals surface area contributed by atoms with Gasteiger partial charge in [-0.05, 0) is 19.1 Å². The smallest absolute Gasteiger partial charge is 0.406 e. The molecule has 0 atom stereocenters. The number of aryl methyl sites for hydroxylation is 1. The third-order valence-electron chi connectivity index (χ3n) is 2.97. The average Bonchev–Trinajstić information content (AvgIpc) is 2.79. The third kappa shape index (κ3) is 4.24. The van der Waals surface area contributed by atoms with Crippen LogP contribution in [0.2, 0.25) is 0 Å². The van der Waals surface area contributed by atoms with E-state index in [9.17, 15) is 18.0 Å². The number of carbonyl (C=O) groups excluding carboxylic acids is 1. The maximum atomic E-state index is 12.3. The summed E-state index contributed by atoms with van der Waals surface area (Å²) in [4.78, 5) is 12.3. The van der Waals surface area contributed by atoms with Crippen molar-refractivity contribution in [1.29, 1.82) is 0 Å². The van der Waals surface area contributed by atoms with Crippen LogP contribution in [0.1, 0.15) is 41.6 Å². The molecule has 0 bridgehead atoms. The standard InChI is InChI=1S/C15H15F3N2O3/c1-8(2)13-12(9(3)20-23-13)14(21)19-10-5-4-6-11(7-10)22-15(16,17)18/h4-8H,1-3H3,(H,19,21). The van der Waals surface area contributed by atoms with Gasteiger partial charge in [-0.2, -0.15) is 0 Å². The Morgan fingerprint density at radius 3 is 2.65 bits per heavy atom. The van der Waals surface area contributed by atoms with Crippen LogP contribution >= 0.6 is 0 Å². The number of alkyl halides is 3. The molecule has 0 aliphatic heterocycles. The lowest BCUT2D eigenvalue weighted by Gasteiger charge is -2.11. The summed E-state index contributed by atoms with van der Waals surface area (Å²) < 4.78 is 45.6. The van der Waals surface area contributed by atoms with Crippen molar-refractivity contribution >= 4 is 11.6 Å². The van der Waals surface area contributed by atoms with Crippen molar-refractivity contribution in [2.45, 2.75) is 33.1 Å². The van der Waals surface area contributed by atoms with Crippen LogP contribution in [-0.2, 0) is 0 Å². The Morgan fingerprint density at radius 1 is 1.35 bits per heavy atom. The number of nitrogens with one attached hydrogen (secondary N) is 1. The Kier molecular flexibility index (Phi) is 4.63. The van der Waals surface area contributed by atoms with E-state index >= 15 is 0 Å². The number of anilines is 1. The molecule has 1 aromatic heterocycles. The van der Waals surface area contributed by atoms with Gasteiger partial charge in [0.15, 0.2) is 5.76 Å². The molecule has 0 aliphatic rings. The summed E-state index contributed by atoms with van der Waals surface area (Å²) in [6, 6.07) is 5.04. The van der Waals surface area contributed by atoms with E-state index in [4.69, 9.17) is 4.52 Å². The fourth-order valence-corrected chi connectivity index (χ4v) is 2.02. The number of hydrogen-bond acceptors (Lipinski definition) is 4. The minimum Gasteiger partial charge on any atom is -0.406 e. The molecule has 0 radical (unpaired) electrons. The van der Waals surface area contributed by atoms with Crippen LogP contribution in [0.5, 0.6) is 5.75 Å². The molecule has 2 aromatic rings. The molecule has 1 aromatic carbocycles. The maximum absolute atomic E-state index is 12.3. The Hall–Kier alpha value is -2.51. The summed E-state index contributed by atoms with van der Waals surface area (Å²) in [5, 5.41) is 6.28. The topological polar surface area (TPSA) is 64.4 Å². The van der Waals surface area contributed by atoms with Crippen LogP contribution in [0.15, 0.2) is 28.8 Å². The van der Waals surface area contributed by atoms with Gasteiger partial charge in [0.25, 0.3) is 5.91 Å². The van der Waals surface area contributed by atoms with Crippen LogP contribution in [0.4, 0.5) is 18.9 Å². The van der Waals surface area contributed by atoms with Crippen molar-refractivity contribution < 1.29 is 27.2 Å². The zero-order chi connectivity index (χ0) is 17.2. The predicted octanol–water partition coefficient (Wildman–Crippen LogP) is 4.26. The van der Waals surface area contributed by atoms with Crippen molar-refractivity contribution in [3.63, 3.8) is 0 Å². The molecule has 2 rings (SSSR count). The Labute approximate surface area is 130 Å². The second-order valence-electron chi connectivity index (χ2n) is 5.19. The first-order valence-corrected chi connectivity index (χ1v) is 6.80. The van der Waals surface area contributed by atoms with E-state index < -0.39 is 18.0 Å². The van der Waals surface area contributed by atoms with Gasteiger partial charge in [-0.15, -0.1) is 13.2 Å². The molecule has 1 N–H and O–H groups in total. The number of hydrogen-bond donors (Lipinski definition) is 1. The number of nitrogens with zero attached hydrogens (tertiary/aromatic N) is 1. The zero-order valence-electron chi connectivity index (χ0n) is 12.7. The second kappa shape index (κ2) is 6.31. The minimum atomic E-state index is -4.79. The predicted molar refractivity (Wildman–Crippen MR) is 76.4 cm³/mol. The highest BCUT2D eigenvalue weighted by Gasteiger charge is 2.31. The SMILES string of the molecule is Cc1noc(C(C)C)c1C(=O)Nc1cccc(OC(F)(F)F)c1. The number of carbonyl (C=O) groups is 1. The molecule has 0 fully saturated rings. The molecule has 0 saturated heterocycles. The molecule has 0 saturated carbocycles. The molecule has 124 valence electrons. The molecule has 0 unspecified atom stereocenters. The van der Waals surface area contributed by atoms with E-state index in [1.165, 1.54) is 12.1 Å². The Bertz CT molecular complexity index is 708. The molecule has 0 spiro atoms. The van der Waals surface area contributed by atoms with Gasteiger partial charge in [-0.25, -0.2) is 0 Å². The number of halogens is 3. The van der Waals surface area contributed by atoms with Crippen LogP contribution in [0.25, 0.3) is 0 Å². The van der Waals surface area contributed by atoms with E-state index in [1.54, 1.807) is 6.92 Å². The largest absolute Gasteiger partial charge is 0.573 e. The van der Waals surface area contributed by atoms with E-state index in [2.05, 4.69) is 15.2 Å². The average molecular weight is 328 g/mol. The van der Waals surface area contributed by atoms with Crippen molar-refractivity contribution in [2.75, 3.05) is 5.32 Å². The maximum Gasteiger partial charge on any atom is 0.573 e. The summed E-state index contributed by atoms with van der Waals surface area (Å²) in [6.07, 6.45) is -4.79. The first-order valence-electron chi connectivity index (χ1n) is 6.80. The minimum absolute atomic E-state index is 0.0585. The zero-order valence-corrected chi connectivity index (χ0v) is 12.7. The van der Waals surface area contributed by atoms with Crippen LogP contribution in [-0.4, -0.2) is 17.4 Å². The molecule has 5 nitrogen and oxygen atoms in total. The van der Waals surface area contributed by atoms with Crippen molar-refractivity contribution in [3.8, 4) is 5.75 Å². The number of benzene rings is 1. The molecule has 0 aliphatic carbocycles. The van der Waals surface area contributed by atoms with Crippen molar-refractivity contribution in [3.05, 3.63) is 41.3 Å². The van der Waals surface area contributed by atoms with Gasteiger partial charge in [0.05, 0.1) is 5.69 Å². The summed E-state index contributed by atoms with van der Waals surface area (Å²) in [7, 11) is 0. The fourth-order valence-electron chi connectivity index (χ4n) is 2.02. The fraction of sp³-hybridized carbons (Fsp3) is 0.333. The molecule has 8 heteroatoms. The van der Waals surface area contributed by atoms with Gasteiger partial charge >= 0.3 is 6.36 Å². The summed E-state index contributed by atoms with van der Waals surface area (Å²) in [5.74, 6) is -0.558.